The monoisotopic (exact) mass is 210 g/mol. The molecule has 0 radical (unpaired) electrons. The van der Waals surface area contributed by atoms with Gasteiger partial charge in [0.25, 0.3) is 0 Å². The molecule has 0 spiro atoms. The number of para-hydroxylation sites is 1. The van der Waals surface area contributed by atoms with E-state index in [1.165, 1.54) is 0 Å². The van der Waals surface area contributed by atoms with Gasteiger partial charge in [-0.2, -0.15) is 0 Å². The van der Waals surface area contributed by atoms with Gasteiger partial charge < -0.3 is 4.74 Å². The van der Waals surface area contributed by atoms with Gasteiger partial charge in [-0.3, -0.25) is 4.79 Å². The van der Waals surface area contributed by atoms with E-state index in [0.717, 1.165) is 16.7 Å². The molecule has 3 rings (SSSR count). The van der Waals surface area contributed by atoms with Gasteiger partial charge in [0.15, 0.2) is 0 Å². The van der Waals surface area contributed by atoms with Gasteiger partial charge in [0.2, 0.25) is 0 Å². The molecular weight excluding hydrogens is 200 g/mol. The van der Waals surface area contributed by atoms with Gasteiger partial charge in [-0.25, -0.2) is 0 Å². The summed E-state index contributed by atoms with van der Waals surface area (Å²) in [5, 5.41) is 0. The van der Waals surface area contributed by atoms with Crippen molar-refractivity contribution in [3.05, 3.63) is 54.1 Å². The molecule has 2 heteroatoms. The van der Waals surface area contributed by atoms with E-state index in [1.54, 1.807) is 0 Å². The first-order valence-electron chi connectivity index (χ1n) is 5.22. The maximum absolute atomic E-state index is 11.6. The molecule has 0 unspecified atom stereocenters. The lowest BCUT2D eigenvalue weighted by Crippen LogP contribution is -2.09. The normalized spacial score (nSPS) is 13.4. The van der Waals surface area contributed by atoms with Crippen molar-refractivity contribution in [2.45, 2.75) is 6.42 Å². The van der Waals surface area contributed by atoms with E-state index in [4.69, 9.17) is 4.74 Å². The summed E-state index contributed by atoms with van der Waals surface area (Å²) in [6.45, 7) is 0. The third-order valence-corrected chi connectivity index (χ3v) is 2.75. The van der Waals surface area contributed by atoms with Crippen molar-refractivity contribution in [2.24, 2.45) is 0 Å². The van der Waals surface area contributed by atoms with Gasteiger partial charge in [-0.05, 0) is 17.2 Å². The number of hydrogen-bond acceptors (Lipinski definition) is 2. The standard InChI is InChI=1S/C14H10O2/c15-14-9-10-5-1-2-6-11(10)12-7-3-4-8-13(12)16-14/h1-8H,9H2. The molecule has 78 valence electrons. The Kier molecular flexibility index (Phi) is 2.00. The Morgan fingerprint density at radius 1 is 0.875 bits per heavy atom. The first kappa shape index (κ1) is 9.16. The Balaban J connectivity index is 2.30. The molecule has 0 fully saturated rings. The number of esters is 1. The minimum atomic E-state index is -0.197. The summed E-state index contributed by atoms with van der Waals surface area (Å²) >= 11 is 0. The fraction of sp³-hybridized carbons (Fsp3) is 0.0714. The summed E-state index contributed by atoms with van der Waals surface area (Å²) in [6, 6.07) is 15.6. The zero-order valence-electron chi connectivity index (χ0n) is 8.64. The van der Waals surface area contributed by atoms with Crippen LogP contribution in [0, 0.1) is 0 Å². The minimum Gasteiger partial charge on any atom is -0.426 e. The number of hydrogen-bond donors (Lipinski definition) is 0. The molecule has 0 N–H and O–H groups in total. The Bertz CT molecular complexity index is 509. The second-order valence-corrected chi connectivity index (χ2v) is 3.80. The summed E-state index contributed by atoms with van der Waals surface area (Å²) in [4.78, 5) is 11.6. The molecular formula is C14H10O2. The van der Waals surface area contributed by atoms with Crippen LogP contribution in [0.3, 0.4) is 0 Å². The summed E-state index contributed by atoms with van der Waals surface area (Å²) in [5.74, 6) is 0.454. The second kappa shape index (κ2) is 3.49. The number of fused-ring (bicyclic) bond motifs is 3. The number of carbonyl (C=O) groups excluding carboxylic acids is 1. The molecule has 0 atom stereocenters. The first-order valence-corrected chi connectivity index (χ1v) is 5.22. The molecule has 1 aliphatic heterocycles. The lowest BCUT2D eigenvalue weighted by Gasteiger charge is -2.06. The highest BCUT2D eigenvalue weighted by Crippen LogP contribution is 2.34. The van der Waals surface area contributed by atoms with E-state index in [9.17, 15) is 4.79 Å². The number of rotatable bonds is 0. The van der Waals surface area contributed by atoms with Crippen LogP contribution in [0.25, 0.3) is 11.1 Å². The fourth-order valence-corrected chi connectivity index (χ4v) is 2.03. The number of benzene rings is 2. The van der Waals surface area contributed by atoms with E-state index >= 15 is 0 Å². The van der Waals surface area contributed by atoms with Crippen LogP contribution >= 0.6 is 0 Å². The predicted molar refractivity (Wildman–Crippen MR) is 61.2 cm³/mol. The molecule has 0 aromatic heterocycles. The minimum absolute atomic E-state index is 0.197. The molecule has 2 aromatic rings. The Hall–Kier alpha value is -2.09. The molecule has 0 aliphatic carbocycles. The van der Waals surface area contributed by atoms with Crippen LogP contribution in [0.1, 0.15) is 5.56 Å². The molecule has 0 amide bonds. The molecule has 2 aromatic carbocycles. The van der Waals surface area contributed by atoms with Crippen LogP contribution in [0.2, 0.25) is 0 Å². The van der Waals surface area contributed by atoms with Crippen LogP contribution < -0.4 is 4.74 Å². The first-order chi connectivity index (χ1) is 7.84. The molecule has 0 bridgehead atoms. The molecule has 0 saturated heterocycles. The van der Waals surface area contributed by atoms with Gasteiger partial charge >= 0.3 is 5.97 Å². The van der Waals surface area contributed by atoms with Gasteiger partial charge in [-0.1, -0.05) is 42.5 Å². The topological polar surface area (TPSA) is 26.3 Å². The van der Waals surface area contributed by atoms with Crippen LogP contribution in [0.4, 0.5) is 0 Å². The van der Waals surface area contributed by atoms with E-state index in [0.29, 0.717) is 12.2 Å². The van der Waals surface area contributed by atoms with Crippen molar-refractivity contribution in [1.82, 2.24) is 0 Å². The van der Waals surface area contributed by atoms with Crippen LogP contribution in [0.15, 0.2) is 48.5 Å². The van der Waals surface area contributed by atoms with Crippen molar-refractivity contribution >= 4 is 5.97 Å². The molecule has 0 saturated carbocycles. The third kappa shape index (κ3) is 1.39. The lowest BCUT2D eigenvalue weighted by atomic mass is 9.98. The van der Waals surface area contributed by atoms with Crippen LogP contribution in [0.5, 0.6) is 5.75 Å². The van der Waals surface area contributed by atoms with Gasteiger partial charge in [0, 0.05) is 5.56 Å². The van der Waals surface area contributed by atoms with Crippen molar-refractivity contribution < 1.29 is 9.53 Å². The van der Waals surface area contributed by atoms with Crippen molar-refractivity contribution in [2.75, 3.05) is 0 Å². The SMILES string of the molecule is O=C1Cc2ccccc2-c2ccccc2O1. The van der Waals surface area contributed by atoms with Crippen molar-refractivity contribution in [3.63, 3.8) is 0 Å². The highest BCUT2D eigenvalue weighted by molar-refractivity contribution is 5.86. The number of ether oxygens (including phenoxy) is 1. The predicted octanol–water partition coefficient (Wildman–Crippen LogP) is 2.82. The highest BCUT2D eigenvalue weighted by atomic mass is 16.5. The lowest BCUT2D eigenvalue weighted by molar-refractivity contribution is -0.133. The van der Waals surface area contributed by atoms with E-state index in [1.807, 2.05) is 48.5 Å². The average molecular weight is 210 g/mol. The summed E-state index contributed by atoms with van der Waals surface area (Å²) < 4.78 is 5.30. The third-order valence-electron chi connectivity index (χ3n) is 2.75. The zero-order chi connectivity index (χ0) is 11.0. The van der Waals surface area contributed by atoms with Crippen molar-refractivity contribution in [3.8, 4) is 16.9 Å². The smallest absolute Gasteiger partial charge is 0.315 e. The maximum atomic E-state index is 11.6. The molecule has 1 aliphatic rings. The van der Waals surface area contributed by atoms with E-state index in [2.05, 4.69) is 0 Å². The van der Waals surface area contributed by atoms with E-state index in [-0.39, 0.29) is 5.97 Å². The quantitative estimate of drug-likeness (QED) is 0.493. The molecule has 1 heterocycles. The van der Waals surface area contributed by atoms with Gasteiger partial charge in [0.05, 0.1) is 6.42 Å². The van der Waals surface area contributed by atoms with Crippen LogP contribution in [-0.2, 0) is 11.2 Å². The fourth-order valence-electron chi connectivity index (χ4n) is 2.03. The van der Waals surface area contributed by atoms with Crippen LogP contribution in [-0.4, -0.2) is 5.97 Å². The summed E-state index contributed by atoms with van der Waals surface area (Å²) in [7, 11) is 0. The molecule has 2 nitrogen and oxygen atoms in total. The Morgan fingerprint density at radius 2 is 1.56 bits per heavy atom. The Labute approximate surface area is 93.5 Å². The Morgan fingerprint density at radius 3 is 2.44 bits per heavy atom. The highest BCUT2D eigenvalue weighted by Gasteiger charge is 2.19. The largest absolute Gasteiger partial charge is 0.426 e. The molecule has 16 heavy (non-hydrogen) atoms. The summed E-state index contributed by atoms with van der Waals surface area (Å²) in [6.07, 6.45) is 0.338. The number of carbonyl (C=O) groups is 1. The second-order valence-electron chi connectivity index (χ2n) is 3.80. The van der Waals surface area contributed by atoms with E-state index < -0.39 is 0 Å². The van der Waals surface area contributed by atoms with Gasteiger partial charge in [-0.15, -0.1) is 0 Å². The van der Waals surface area contributed by atoms with Crippen molar-refractivity contribution in [1.29, 1.82) is 0 Å². The summed E-state index contributed by atoms with van der Waals surface area (Å²) in [5.41, 5.74) is 3.10. The maximum Gasteiger partial charge on any atom is 0.315 e. The zero-order valence-corrected chi connectivity index (χ0v) is 8.64. The van der Waals surface area contributed by atoms with Gasteiger partial charge in [0.1, 0.15) is 5.75 Å². The average Bonchev–Trinajstić information content (AvgIpc) is 2.44.